The Morgan fingerprint density at radius 3 is 2.87 bits per heavy atom. The van der Waals surface area contributed by atoms with Gasteiger partial charge in [-0.3, -0.25) is 11.3 Å². The molecule has 3 N–H and O–H groups in total. The molecule has 0 saturated heterocycles. The monoisotopic (exact) mass is 292 g/mol. The van der Waals surface area contributed by atoms with Gasteiger partial charge in [-0.05, 0) is 39.7 Å². The van der Waals surface area contributed by atoms with Crippen molar-refractivity contribution in [2.45, 2.75) is 19.4 Å². The van der Waals surface area contributed by atoms with E-state index < -0.39 is 0 Å². The van der Waals surface area contributed by atoms with Crippen LogP contribution in [0.5, 0.6) is 0 Å². The van der Waals surface area contributed by atoms with Crippen molar-refractivity contribution in [1.29, 1.82) is 0 Å². The molecule has 0 amide bonds. The number of hydrogen-bond acceptors (Lipinski definition) is 4. The molecule has 2 unspecified atom stereocenters. The summed E-state index contributed by atoms with van der Waals surface area (Å²) in [4.78, 5) is 1.25. The normalized spacial score (nSPS) is 15.2. The highest BCUT2D eigenvalue weighted by Crippen LogP contribution is 2.32. The van der Waals surface area contributed by atoms with Crippen LogP contribution in [0.15, 0.2) is 15.9 Å². The van der Waals surface area contributed by atoms with E-state index >= 15 is 0 Å². The van der Waals surface area contributed by atoms with Crippen LogP contribution in [0.3, 0.4) is 0 Å². The van der Waals surface area contributed by atoms with E-state index in [1.165, 1.54) is 4.88 Å². The second-order valence-electron chi connectivity index (χ2n) is 3.65. The molecule has 0 bridgehead atoms. The molecule has 0 fully saturated rings. The molecule has 0 aliphatic rings. The van der Waals surface area contributed by atoms with Gasteiger partial charge in [-0.2, -0.15) is 0 Å². The molecule has 5 heteroatoms. The molecule has 3 nitrogen and oxygen atoms in total. The van der Waals surface area contributed by atoms with Gasteiger partial charge in [-0.25, -0.2) is 0 Å². The van der Waals surface area contributed by atoms with E-state index in [0.717, 1.165) is 17.5 Å². The third-order valence-corrected chi connectivity index (χ3v) is 4.24. The Hall–Kier alpha value is 0.0600. The van der Waals surface area contributed by atoms with E-state index in [1.807, 2.05) is 6.07 Å². The fraction of sp³-hybridized carbons (Fsp3) is 0.600. The van der Waals surface area contributed by atoms with Gasteiger partial charge in [0, 0.05) is 23.1 Å². The lowest BCUT2D eigenvalue weighted by atomic mass is 10.0. The van der Waals surface area contributed by atoms with Crippen LogP contribution in [0.4, 0.5) is 0 Å². The lowest BCUT2D eigenvalue weighted by Gasteiger charge is -2.19. The van der Waals surface area contributed by atoms with Gasteiger partial charge in [0.2, 0.25) is 0 Å². The summed E-state index contributed by atoms with van der Waals surface area (Å²) in [5.41, 5.74) is 2.86. The molecule has 1 heterocycles. The number of halogens is 1. The highest BCUT2D eigenvalue weighted by molar-refractivity contribution is 9.10. The summed E-state index contributed by atoms with van der Waals surface area (Å²) < 4.78 is 6.24. The average molecular weight is 293 g/mol. The zero-order chi connectivity index (χ0) is 11.3. The first kappa shape index (κ1) is 13.1. The molecular weight excluding hydrogens is 276 g/mol. The zero-order valence-electron chi connectivity index (χ0n) is 9.00. The first-order valence-electron chi connectivity index (χ1n) is 4.87. The van der Waals surface area contributed by atoms with Crippen molar-refractivity contribution in [3.05, 3.63) is 20.8 Å². The smallest absolute Gasteiger partial charge is 0.0568 e. The van der Waals surface area contributed by atoms with Crippen molar-refractivity contribution < 1.29 is 4.74 Å². The minimum Gasteiger partial charge on any atom is -0.384 e. The Balaban J connectivity index is 2.60. The number of hydrazine groups is 1. The molecule has 1 aromatic rings. The van der Waals surface area contributed by atoms with E-state index in [-0.39, 0.29) is 6.04 Å². The topological polar surface area (TPSA) is 47.3 Å². The van der Waals surface area contributed by atoms with E-state index in [1.54, 1.807) is 18.4 Å². The van der Waals surface area contributed by atoms with E-state index in [0.29, 0.717) is 5.92 Å². The maximum Gasteiger partial charge on any atom is 0.0568 e. The summed E-state index contributed by atoms with van der Waals surface area (Å²) in [6.07, 6.45) is 0.976. The van der Waals surface area contributed by atoms with Gasteiger partial charge in [0.15, 0.2) is 0 Å². The summed E-state index contributed by atoms with van der Waals surface area (Å²) in [6, 6.07) is 2.25. The van der Waals surface area contributed by atoms with Gasteiger partial charge in [-0.15, -0.1) is 11.3 Å². The summed E-state index contributed by atoms with van der Waals surface area (Å²) in [5, 5.41) is 2.06. The van der Waals surface area contributed by atoms with Crippen LogP contribution in [0, 0.1) is 5.92 Å². The number of ether oxygens (including phenoxy) is 1. The van der Waals surface area contributed by atoms with Crippen LogP contribution in [0.2, 0.25) is 0 Å². The van der Waals surface area contributed by atoms with Crippen molar-refractivity contribution in [2.24, 2.45) is 11.8 Å². The van der Waals surface area contributed by atoms with Crippen LogP contribution in [0.1, 0.15) is 24.3 Å². The standard InChI is InChI=1S/C10H17BrN2OS/c1-7(6-14-2)5-9(13-12)10-8(11)3-4-15-10/h3-4,7,9,13H,5-6,12H2,1-2H3. The van der Waals surface area contributed by atoms with Crippen LogP contribution in [-0.4, -0.2) is 13.7 Å². The lowest BCUT2D eigenvalue weighted by Crippen LogP contribution is -2.29. The van der Waals surface area contributed by atoms with E-state index in [4.69, 9.17) is 10.6 Å². The highest BCUT2D eigenvalue weighted by Gasteiger charge is 2.17. The molecule has 0 aromatic carbocycles. The van der Waals surface area contributed by atoms with Crippen LogP contribution in [-0.2, 0) is 4.74 Å². The van der Waals surface area contributed by atoms with Gasteiger partial charge in [0.25, 0.3) is 0 Å². The van der Waals surface area contributed by atoms with E-state index in [2.05, 4.69) is 33.7 Å². The fourth-order valence-electron chi connectivity index (χ4n) is 1.56. The van der Waals surface area contributed by atoms with Crippen LogP contribution < -0.4 is 11.3 Å². The SMILES string of the molecule is COCC(C)CC(NN)c1sccc1Br. The number of hydrogen-bond donors (Lipinski definition) is 2. The second-order valence-corrected chi connectivity index (χ2v) is 5.45. The van der Waals surface area contributed by atoms with Crippen LogP contribution in [0.25, 0.3) is 0 Å². The summed E-state index contributed by atoms with van der Waals surface area (Å²) in [6.45, 7) is 2.93. The first-order chi connectivity index (χ1) is 7.19. The van der Waals surface area contributed by atoms with Crippen molar-refractivity contribution in [3.8, 4) is 0 Å². The van der Waals surface area contributed by atoms with Gasteiger partial charge in [0.05, 0.1) is 6.04 Å². The molecule has 1 aromatic heterocycles. The molecule has 2 atom stereocenters. The predicted octanol–water partition coefficient (Wildman–Crippen LogP) is 2.69. The number of nitrogens with one attached hydrogen (secondary N) is 1. The number of methoxy groups -OCH3 is 1. The lowest BCUT2D eigenvalue weighted by molar-refractivity contribution is 0.149. The minimum absolute atomic E-state index is 0.199. The molecule has 0 aliphatic carbocycles. The van der Waals surface area contributed by atoms with Gasteiger partial charge < -0.3 is 4.74 Å². The van der Waals surface area contributed by atoms with E-state index in [9.17, 15) is 0 Å². The molecule has 0 radical (unpaired) electrons. The maximum atomic E-state index is 5.57. The number of nitrogens with two attached hydrogens (primary N) is 1. The average Bonchev–Trinajstić information content (AvgIpc) is 2.61. The fourth-order valence-corrected chi connectivity index (χ4v) is 3.28. The van der Waals surface area contributed by atoms with Crippen molar-refractivity contribution in [2.75, 3.05) is 13.7 Å². The highest BCUT2D eigenvalue weighted by atomic mass is 79.9. The van der Waals surface area contributed by atoms with Gasteiger partial charge in [0.1, 0.15) is 0 Å². The Labute approximate surface area is 103 Å². The summed E-state index contributed by atoms with van der Waals surface area (Å²) in [7, 11) is 1.72. The molecule has 1 rings (SSSR count). The summed E-state index contributed by atoms with van der Waals surface area (Å²) in [5.74, 6) is 6.06. The minimum atomic E-state index is 0.199. The zero-order valence-corrected chi connectivity index (χ0v) is 11.4. The summed E-state index contributed by atoms with van der Waals surface area (Å²) >= 11 is 5.23. The van der Waals surface area contributed by atoms with Crippen LogP contribution >= 0.6 is 27.3 Å². The molecule has 0 aliphatic heterocycles. The number of thiophene rings is 1. The molecule has 0 saturated carbocycles. The van der Waals surface area contributed by atoms with Gasteiger partial charge in [-0.1, -0.05) is 6.92 Å². The maximum absolute atomic E-state index is 5.57. The molecular formula is C10H17BrN2OS. The first-order valence-corrected chi connectivity index (χ1v) is 6.54. The molecule has 15 heavy (non-hydrogen) atoms. The molecule has 0 spiro atoms. The Morgan fingerprint density at radius 1 is 1.67 bits per heavy atom. The Morgan fingerprint density at radius 2 is 2.40 bits per heavy atom. The van der Waals surface area contributed by atoms with Crippen molar-refractivity contribution in [3.63, 3.8) is 0 Å². The molecule has 86 valence electrons. The Bertz CT molecular complexity index is 293. The van der Waals surface area contributed by atoms with Crippen molar-refractivity contribution >= 4 is 27.3 Å². The quantitative estimate of drug-likeness (QED) is 0.626. The predicted molar refractivity (Wildman–Crippen MR) is 67.7 cm³/mol. The largest absolute Gasteiger partial charge is 0.384 e. The second kappa shape index (κ2) is 6.60. The Kier molecular flexibility index (Phi) is 5.78. The van der Waals surface area contributed by atoms with Crippen molar-refractivity contribution in [1.82, 2.24) is 5.43 Å². The third kappa shape index (κ3) is 3.85. The van der Waals surface area contributed by atoms with Gasteiger partial charge >= 0.3 is 0 Å². The number of rotatable bonds is 6. The third-order valence-electron chi connectivity index (χ3n) is 2.25.